The summed E-state index contributed by atoms with van der Waals surface area (Å²) in [6.45, 7) is 5.21. The first-order chi connectivity index (χ1) is 9.23. The second-order valence-electron chi connectivity index (χ2n) is 5.09. The summed E-state index contributed by atoms with van der Waals surface area (Å²) >= 11 is 0. The van der Waals surface area contributed by atoms with Crippen LogP contribution in [-0.4, -0.2) is 24.6 Å². The van der Waals surface area contributed by atoms with Crippen molar-refractivity contribution in [3.8, 4) is 0 Å². The molecule has 0 spiro atoms. The molecule has 0 heterocycles. The van der Waals surface area contributed by atoms with E-state index in [0.29, 0.717) is 0 Å². The van der Waals surface area contributed by atoms with Crippen molar-refractivity contribution in [3.05, 3.63) is 41.2 Å². The van der Waals surface area contributed by atoms with Crippen molar-refractivity contribution in [1.29, 1.82) is 0 Å². The molecule has 0 fully saturated rings. The van der Waals surface area contributed by atoms with E-state index in [0.717, 1.165) is 18.2 Å². The lowest BCUT2D eigenvalue weighted by Crippen LogP contribution is -2.22. The third kappa shape index (κ3) is 4.84. The summed E-state index contributed by atoms with van der Waals surface area (Å²) in [6, 6.07) is 3.60. The van der Waals surface area contributed by atoms with E-state index in [1.165, 1.54) is 19.3 Å². The highest BCUT2D eigenvalue weighted by molar-refractivity contribution is 5.95. The molecule has 0 bridgehead atoms. The Morgan fingerprint density at radius 3 is 2.45 bits per heavy atom. The van der Waals surface area contributed by atoms with E-state index in [1.54, 1.807) is 20.8 Å². The number of ether oxygens (including phenoxy) is 2. The van der Waals surface area contributed by atoms with Gasteiger partial charge in [-0.15, -0.1) is 0 Å². The maximum absolute atomic E-state index is 13.2. The molecule has 0 aliphatic heterocycles. The van der Waals surface area contributed by atoms with Crippen molar-refractivity contribution in [2.24, 2.45) is 0 Å². The fraction of sp³-hybridized carbons (Fsp3) is 0.333. The van der Waals surface area contributed by atoms with Crippen LogP contribution < -0.4 is 0 Å². The lowest BCUT2D eigenvalue weighted by molar-refractivity contribution is -0.148. The molecule has 1 rings (SSSR count). The molecule has 0 aliphatic carbocycles. The zero-order valence-electron chi connectivity index (χ0n) is 11.9. The fourth-order valence-electron chi connectivity index (χ4n) is 1.46. The third-order valence-corrected chi connectivity index (χ3v) is 2.22. The van der Waals surface area contributed by atoms with Gasteiger partial charge in [-0.2, -0.15) is 0 Å². The molecular weight excluding hydrogens is 263 g/mol. The summed E-state index contributed by atoms with van der Waals surface area (Å²) in [4.78, 5) is 23.1. The van der Waals surface area contributed by atoms with Gasteiger partial charge in [0.2, 0.25) is 0 Å². The second kappa shape index (κ2) is 6.32. The van der Waals surface area contributed by atoms with Crippen molar-refractivity contribution < 1.29 is 23.5 Å². The van der Waals surface area contributed by atoms with Crippen LogP contribution in [0.25, 0.3) is 6.08 Å². The van der Waals surface area contributed by atoms with E-state index in [4.69, 9.17) is 4.74 Å². The molecule has 1 aromatic rings. The average Bonchev–Trinajstić information content (AvgIpc) is 2.33. The normalized spacial score (nSPS) is 11.4. The van der Waals surface area contributed by atoms with Gasteiger partial charge in [0.25, 0.3) is 0 Å². The van der Waals surface area contributed by atoms with Gasteiger partial charge >= 0.3 is 11.9 Å². The Bertz CT molecular complexity index is 541. The van der Waals surface area contributed by atoms with Gasteiger partial charge in [0.1, 0.15) is 11.4 Å². The summed E-state index contributed by atoms with van der Waals surface area (Å²) in [5.41, 5.74) is -0.189. The molecular formula is C15H17FO4. The topological polar surface area (TPSA) is 52.6 Å². The van der Waals surface area contributed by atoms with Crippen LogP contribution in [0, 0.1) is 5.82 Å². The summed E-state index contributed by atoms with van der Waals surface area (Å²) in [7, 11) is 1.23. The van der Waals surface area contributed by atoms with Crippen LogP contribution in [0.2, 0.25) is 0 Å². The van der Waals surface area contributed by atoms with Gasteiger partial charge in [0.05, 0.1) is 12.7 Å². The standard InChI is InChI=1S/C15H17FO4/c1-15(2,3)20-13(17)8-5-10-9-11(16)6-7-12(10)14(18)19-4/h5-9H,1-4H3/b8-5+. The van der Waals surface area contributed by atoms with Crippen LogP contribution in [0.15, 0.2) is 24.3 Å². The largest absolute Gasteiger partial charge is 0.465 e. The molecule has 0 saturated carbocycles. The summed E-state index contributed by atoms with van der Waals surface area (Å²) in [6.07, 6.45) is 2.47. The molecule has 4 nitrogen and oxygen atoms in total. The Hall–Kier alpha value is -2.17. The minimum atomic E-state index is -0.617. The monoisotopic (exact) mass is 280 g/mol. The SMILES string of the molecule is COC(=O)c1ccc(F)cc1/C=C/C(=O)OC(C)(C)C. The van der Waals surface area contributed by atoms with E-state index in [1.807, 2.05) is 0 Å². The Kier molecular flexibility index (Phi) is 5.02. The molecule has 1 aromatic carbocycles. The van der Waals surface area contributed by atoms with E-state index in [-0.39, 0.29) is 11.1 Å². The van der Waals surface area contributed by atoms with Crippen LogP contribution >= 0.6 is 0 Å². The maximum atomic E-state index is 13.2. The van der Waals surface area contributed by atoms with Gasteiger partial charge in [-0.1, -0.05) is 0 Å². The van der Waals surface area contributed by atoms with Crippen LogP contribution in [0.5, 0.6) is 0 Å². The molecule has 0 atom stereocenters. The molecule has 0 N–H and O–H groups in total. The number of carbonyl (C=O) groups is 2. The lowest BCUT2D eigenvalue weighted by Gasteiger charge is -2.17. The van der Waals surface area contributed by atoms with Crippen molar-refractivity contribution in [2.45, 2.75) is 26.4 Å². The summed E-state index contributed by atoms with van der Waals surface area (Å²) < 4.78 is 22.9. The Morgan fingerprint density at radius 1 is 1.25 bits per heavy atom. The van der Waals surface area contributed by atoms with Gasteiger partial charge < -0.3 is 9.47 Å². The highest BCUT2D eigenvalue weighted by Gasteiger charge is 2.15. The number of benzene rings is 1. The highest BCUT2D eigenvalue weighted by atomic mass is 19.1. The van der Waals surface area contributed by atoms with E-state index in [9.17, 15) is 14.0 Å². The molecule has 0 aliphatic rings. The number of carbonyl (C=O) groups excluding carboxylic acids is 2. The van der Waals surface area contributed by atoms with Gasteiger partial charge in [0.15, 0.2) is 0 Å². The quantitative estimate of drug-likeness (QED) is 0.631. The van der Waals surface area contributed by atoms with Gasteiger partial charge in [-0.05, 0) is 50.6 Å². The fourth-order valence-corrected chi connectivity index (χ4v) is 1.46. The second-order valence-corrected chi connectivity index (χ2v) is 5.09. The average molecular weight is 280 g/mol. The maximum Gasteiger partial charge on any atom is 0.338 e. The predicted octanol–water partition coefficient (Wildman–Crippen LogP) is 2.97. The Morgan fingerprint density at radius 2 is 1.90 bits per heavy atom. The van der Waals surface area contributed by atoms with E-state index >= 15 is 0 Å². The van der Waals surface area contributed by atoms with Crippen molar-refractivity contribution in [1.82, 2.24) is 0 Å². The molecule has 0 unspecified atom stereocenters. The first-order valence-electron chi connectivity index (χ1n) is 6.02. The highest BCUT2D eigenvalue weighted by Crippen LogP contribution is 2.15. The number of methoxy groups -OCH3 is 1. The zero-order valence-corrected chi connectivity index (χ0v) is 11.9. The van der Waals surface area contributed by atoms with Crippen molar-refractivity contribution in [2.75, 3.05) is 7.11 Å². The Labute approximate surface area is 117 Å². The van der Waals surface area contributed by atoms with Crippen LogP contribution in [-0.2, 0) is 14.3 Å². The van der Waals surface area contributed by atoms with E-state index < -0.39 is 23.4 Å². The summed E-state index contributed by atoms with van der Waals surface area (Å²) in [5.74, 6) is -1.69. The lowest BCUT2D eigenvalue weighted by atomic mass is 10.1. The molecule has 0 radical (unpaired) electrons. The third-order valence-electron chi connectivity index (χ3n) is 2.22. The van der Waals surface area contributed by atoms with Crippen LogP contribution in [0.4, 0.5) is 4.39 Å². The molecule has 0 aromatic heterocycles. The minimum Gasteiger partial charge on any atom is -0.465 e. The van der Waals surface area contributed by atoms with Gasteiger partial charge in [-0.25, -0.2) is 14.0 Å². The van der Waals surface area contributed by atoms with Crippen molar-refractivity contribution >= 4 is 18.0 Å². The molecule has 108 valence electrons. The van der Waals surface area contributed by atoms with Crippen LogP contribution in [0.1, 0.15) is 36.7 Å². The summed E-state index contributed by atoms with van der Waals surface area (Å²) in [5, 5.41) is 0. The first kappa shape index (κ1) is 15.9. The number of esters is 2. The number of hydrogen-bond acceptors (Lipinski definition) is 4. The zero-order chi connectivity index (χ0) is 15.3. The molecule has 5 heteroatoms. The van der Waals surface area contributed by atoms with Crippen molar-refractivity contribution in [3.63, 3.8) is 0 Å². The smallest absolute Gasteiger partial charge is 0.338 e. The first-order valence-corrected chi connectivity index (χ1v) is 6.02. The van der Waals surface area contributed by atoms with Gasteiger partial charge in [-0.3, -0.25) is 0 Å². The predicted molar refractivity (Wildman–Crippen MR) is 72.6 cm³/mol. The number of halogens is 1. The van der Waals surface area contributed by atoms with E-state index in [2.05, 4.69) is 4.74 Å². The molecule has 0 amide bonds. The minimum absolute atomic E-state index is 0.175. The molecule has 0 saturated heterocycles. The Balaban J connectivity index is 2.99. The molecule has 20 heavy (non-hydrogen) atoms. The number of rotatable bonds is 3. The van der Waals surface area contributed by atoms with Gasteiger partial charge in [0, 0.05) is 6.08 Å². The van der Waals surface area contributed by atoms with Crippen LogP contribution in [0.3, 0.4) is 0 Å². The number of hydrogen-bond donors (Lipinski definition) is 0.